The Kier molecular flexibility index (Phi) is 8.19. The van der Waals surface area contributed by atoms with Gasteiger partial charge in [0.1, 0.15) is 0 Å². The molecule has 1 aromatic heterocycles. The Bertz CT molecular complexity index is 527. The number of aliphatic imine (C=N–C) groups is 1. The third-order valence-corrected chi connectivity index (χ3v) is 6.33. The van der Waals surface area contributed by atoms with Crippen LogP contribution in [0.2, 0.25) is 0 Å². The molecular weight excluding hydrogens is 328 g/mol. The predicted molar refractivity (Wildman–Crippen MR) is 102 cm³/mol. The zero-order chi connectivity index (χ0) is 17.5. The number of hydrogen-bond donors (Lipinski definition) is 2. The third-order valence-electron chi connectivity index (χ3n) is 3.28. The molecule has 7 heteroatoms. The summed E-state index contributed by atoms with van der Waals surface area (Å²) in [6, 6.07) is 0. The molecule has 0 fully saturated rings. The van der Waals surface area contributed by atoms with Crippen molar-refractivity contribution < 1.29 is 4.21 Å². The average molecular weight is 359 g/mol. The van der Waals surface area contributed by atoms with Gasteiger partial charge >= 0.3 is 0 Å². The van der Waals surface area contributed by atoms with Crippen LogP contribution in [0.3, 0.4) is 0 Å². The smallest absolute Gasteiger partial charge is 0.191 e. The van der Waals surface area contributed by atoms with E-state index in [4.69, 9.17) is 0 Å². The molecule has 0 spiro atoms. The molecule has 0 aliphatic carbocycles. The van der Waals surface area contributed by atoms with E-state index < -0.39 is 10.8 Å². The van der Waals surface area contributed by atoms with Crippen LogP contribution in [0.15, 0.2) is 4.99 Å². The topological polar surface area (TPSA) is 66.4 Å². The van der Waals surface area contributed by atoms with Gasteiger partial charge in [0.25, 0.3) is 0 Å². The van der Waals surface area contributed by atoms with Crippen LogP contribution in [0.5, 0.6) is 0 Å². The highest BCUT2D eigenvalue weighted by atomic mass is 32.2. The molecule has 132 valence electrons. The van der Waals surface area contributed by atoms with Crippen molar-refractivity contribution in [2.75, 3.05) is 25.4 Å². The fourth-order valence-corrected chi connectivity index (χ4v) is 3.63. The fourth-order valence-electron chi connectivity index (χ4n) is 1.82. The van der Waals surface area contributed by atoms with E-state index in [9.17, 15) is 4.21 Å². The van der Waals surface area contributed by atoms with Gasteiger partial charge in [0, 0.05) is 45.7 Å². The van der Waals surface area contributed by atoms with Gasteiger partial charge in [-0.3, -0.25) is 9.20 Å². The van der Waals surface area contributed by atoms with Gasteiger partial charge in [-0.25, -0.2) is 4.98 Å². The molecule has 0 aliphatic heterocycles. The molecular formula is C16H30N4OS2. The molecule has 1 aromatic rings. The Balaban J connectivity index is 2.44. The Morgan fingerprint density at radius 2 is 2.00 bits per heavy atom. The molecule has 1 rings (SSSR count). The van der Waals surface area contributed by atoms with Gasteiger partial charge in [0.2, 0.25) is 0 Å². The molecule has 0 amide bonds. The van der Waals surface area contributed by atoms with Crippen LogP contribution in [0.25, 0.3) is 0 Å². The van der Waals surface area contributed by atoms with Gasteiger partial charge in [0.05, 0.1) is 17.2 Å². The van der Waals surface area contributed by atoms with Crippen molar-refractivity contribution in [2.24, 2.45) is 4.99 Å². The normalized spacial score (nSPS) is 13.9. The van der Waals surface area contributed by atoms with Crippen LogP contribution in [-0.2, 0) is 17.2 Å². The fraction of sp³-hybridized carbons (Fsp3) is 0.750. The van der Waals surface area contributed by atoms with Crippen LogP contribution < -0.4 is 10.6 Å². The molecule has 23 heavy (non-hydrogen) atoms. The first-order chi connectivity index (χ1) is 10.7. The quantitative estimate of drug-likeness (QED) is 0.580. The predicted octanol–water partition coefficient (Wildman–Crippen LogP) is 2.40. The number of nitrogens with zero attached hydrogens (tertiary/aromatic N) is 2. The number of thiazole rings is 1. The molecule has 1 heterocycles. The number of aromatic nitrogens is 1. The zero-order valence-electron chi connectivity index (χ0n) is 15.2. The summed E-state index contributed by atoms with van der Waals surface area (Å²) in [5, 5.41) is 7.69. The summed E-state index contributed by atoms with van der Waals surface area (Å²) in [6.07, 6.45) is 0.887. The van der Waals surface area contributed by atoms with Crippen LogP contribution in [-0.4, -0.2) is 45.3 Å². The second kappa shape index (κ2) is 9.37. The van der Waals surface area contributed by atoms with Gasteiger partial charge in [0.15, 0.2) is 5.96 Å². The Morgan fingerprint density at radius 1 is 1.30 bits per heavy atom. The molecule has 1 unspecified atom stereocenters. The molecule has 0 saturated carbocycles. The van der Waals surface area contributed by atoms with E-state index in [1.165, 1.54) is 4.88 Å². The number of rotatable bonds is 7. The Labute approximate surface area is 146 Å². The molecule has 5 nitrogen and oxygen atoms in total. The van der Waals surface area contributed by atoms with Crippen LogP contribution >= 0.6 is 11.3 Å². The maximum Gasteiger partial charge on any atom is 0.191 e. The zero-order valence-corrected chi connectivity index (χ0v) is 16.8. The molecule has 0 aromatic carbocycles. The van der Waals surface area contributed by atoms with Crippen molar-refractivity contribution in [3.05, 3.63) is 15.6 Å². The van der Waals surface area contributed by atoms with Gasteiger partial charge in [-0.15, -0.1) is 11.3 Å². The van der Waals surface area contributed by atoms with Gasteiger partial charge < -0.3 is 10.6 Å². The Morgan fingerprint density at radius 3 is 2.52 bits per heavy atom. The largest absolute Gasteiger partial charge is 0.357 e. The minimum absolute atomic E-state index is 0.179. The van der Waals surface area contributed by atoms with E-state index in [0.717, 1.165) is 36.2 Å². The standard InChI is InChI=1S/C16H30N4OS2/c1-7-17-15(19-10-11-23(21)16(4,5)6)18-9-8-14-20-12(2)13(3)22-14/h7-11H2,1-6H3,(H2,17,18,19). The summed E-state index contributed by atoms with van der Waals surface area (Å²) >= 11 is 1.75. The van der Waals surface area contributed by atoms with E-state index in [2.05, 4.69) is 27.5 Å². The van der Waals surface area contributed by atoms with Gasteiger partial charge in [-0.05, 0) is 41.5 Å². The summed E-state index contributed by atoms with van der Waals surface area (Å²) in [4.78, 5) is 10.3. The highest BCUT2D eigenvalue weighted by Gasteiger charge is 2.18. The number of guanidine groups is 1. The minimum Gasteiger partial charge on any atom is -0.357 e. The van der Waals surface area contributed by atoms with Crippen molar-refractivity contribution in [1.82, 2.24) is 15.6 Å². The lowest BCUT2D eigenvalue weighted by molar-refractivity contribution is 0.648. The maximum atomic E-state index is 12.0. The average Bonchev–Trinajstić information content (AvgIpc) is 2.76. The van der Waals surface area contributed by atoms with Crippen LogP contribution in [0.4, 0.5) is 0 Å². The summed E-state index contributed by atoms with van der Waals surface area (Å²) in [5.41, 5.74) is 1.12. The van der Waals surface area contributed by atoms with E-state index >= 15 is 0 Å². The van der Waals surface area contributed by atoms with Crippen LogP contribution in [0, 0.1) is 13.8 Å². The summed E-state index contributed by atoms with van der Waals surface area (Å²) in [7, 11) is -0.864. The first-order valence-electron chi connectivity index (χ1n) is 8.07. The van der Waals surface area contributed by atoms with Crippen molar-refractivity contribution in [3.63, 3.8) is 0 Å². The first-order valence-corrected chi connectivity index (χ1v) is 10.2. The second-order valence-electron chi connectivity index (χ2n) is 6.35. The first kappa shape index (κ1) is 20.1. The highest BCUT2D eigenvalue weighted by molar-refractivity contribution is 7.86. The van der Waals surface area contributed by atoms with E-state index in [-0.39, 0.29) is 4.75 Å². The van der Waals surface area contributed by atoms with Gasteiger partial charge in [-0.2, -0.15) is 0 Å². The van der Waals surface area contributed by atoms with E-state index in [0.29, 0.717) is 12.3 Å². The summed E-state index contributed by atoms with van der Waals surface area (Å²) < 4.78 is 11.9. The molecule has 0 aliphatic rings. The minimum atomic E-state index is -0.864. The van der Waals surface area contributed by atoms with Crippen molar-refractivity contribution in [3.8, 4) is 0 Å². The molecule has 1 atom stereocenters. The van der Waals surface area contributed by atoms with Crippen LogP contribution in [0.1, 0.15) is 43.3 Å². The summed E-state index contributed by atoms with van der Waals surface area (Å²) in [6.45, 7) is 14.3. The number of nitrogens with one attached hydrogen (secondary N) is 2. The molecule has 0 saturated heterocycles. The molecule has 2 N–H and O–H groups in total. The molecule has 0 bridgehead atoms. The van der Waals surface area contributed by atoms with Crippen molar-refractivity contribution >= 4 is 28.1 Å². The number of hydrogen-bond acceptors (Lipinski definition) is 4. The van der Waals surface area contributed by atoms with Crippen molar-refractivity contribution in [2.45, 2.75) is 52.7 Å². The van der Waals surface area contributed by atoms with E-state index in [1.54, 1.807) is 11.3 Å². The second-order valence-corrected chi connectivity index (χ2v) is 9.96. The number of aryl methyl sites for hydroxylation is 2. The molecule has 0 radical (unpaired) electrons. The lowest BCUT2D eigenvalue weighted by Crippen LogP contribution is -2.38. The third kappa shape index (κ3) is 7.44. The maximum absolute atomic E-state index is 12.0. The van der Waals surface area contributed by atoms with Crippen molar-refractivity contribution in [1.29, 1.82) is 0 Å². The SMILES string of the molecule is CCNC(=NCCS(=O)C(C)(C)C)NCCc1nc(C)c(C)s1. The lowest BCUT2D eigenvalue weighted by Gasteiger charge is -2.17. The highest BCUT2D eigenvalue weighted by Crippen LogP contribution is 2.16. The van der Waals surface area contributed by atoms with Gasteiger partial charge in [-0.1, -0.05) is 0 Å². The lowest BCUT2D eigenvalue weighted by atomic mass is 10.3. The Hall–Kier alpha value is -0.950. The monoisotopic (exact) mass is 358 g/mol. The summed E-state index contributed by atoms with van der Waals surface area (Å²) in [5.74, 6) is 1.37. The van der Waals surface area contributed by atoms with E-state index in [1.807, 2.05) is 34.6 Å².